The summed E-state index contributed by atoms with van der Waals surface area (Å²) in [6, 6.07) is 8.05. The topological polar surface area (TPSA) is 113 Å². The molecule has 1 rings (SSSR count). The van der Waals surface area contributed by atoms with Crippen LogP contribution in [0, 0.1) is 0 Å². The Kier molecular flexibility index (Phi) is 21.0. The smallest absolute Gasteiger partial charge is 0.224 e. The highest BCUT2D eigenvalue weighted by Gasteiger charge is 2.08. The first-order chi connectivity index (χ1) is 16.5. The van der Waals surface area contributed by atoms with Crippen LogP contribution in [0.15, 0.2) is 24.3 Å². The fourth-order valence-corrected chi connectivity index (χ4v) is 3.66. The molecule has 0 bridgehead atoms. The molecule has 0 aliphatic rings. The van der Waals surface area contributed by atoms with E-state index in [1.807, 2.05) is 32.9 Å². The van der Waals surface area contributed by atoms with Crippen molar-refractivity contribution in [2.45, 2.75) is 97.2 Å². The summed E-state index contributed by atoms with van der Waals surface area (Å²) >= 11 is 0. The fraction of sp³-hybridized carbons (Fsp3) is 0.741. The largest absolute Gasteiger partial charge is 0.394 e. The molecule has 0 spiro atoms. The Hall–Kier alpha value is -1.51. The summed E-state index contributed by atoms with van der Waals surface area (Å²) in [5.74, 6) is 0.0499. The first-order valence-electron chi connectivity index (χ1n) is 13.2. The van der Waals surface area contributed by atoms with Gasteiger partial charge in [0.1, 0.15) is 0 Å². The van der Waals surface area contributed by atoms with E-state index < -0.39 is 12.2 Å². The van der Waals surface area contributed by atoms with Gasteiger partial charge in [0.05, 0.1) is 25.4 Å². The summed E-state index contributed by atoms with van der Waals surface area (Å²) in [6.45, 7) is 8.49. The summed E-state index contributed by atoms with van der Waals surface area (Å²) < 4.78 is 0. The van der Waals surface area contributed by atoms with Crippen LogP contribution in [0.2, 0.25) is 0 Å². The average molecular weight is 483 g/mol. The molecule has 0 saturated carbocycles. The molecule has 0 aromatic heterocycles. The molecule has 7 heteroatoms. The second-order valence-electron chi connectivity index (χ2n) is 8.60. The van der Waals surface area contributed by atoms with Crippen molar-refractivity contribution in [1.29, 1.82) is 0 Å². The van der Waals surface area contributed by atoms with E-state index in [0.717, 1.165) is 70.3 Å². The first-order valence-corrected chi connectivity index (χ1v) is 13.2. The second-order valence-corrected chi connectivity index (χ2v) is 8.60. The minimum atomic E-state index is -0.627. The van der Waals surface area contributed by atoms with Crippen LogP contribution < -0.4 is 5.32 Å². The number of aliphatic hydroxyl groups is 4. The molecule has 7 nitrogen and oxygen atoms in total. The summed E-state index contributed by atoms with van der Waals surface area (Å²) in [4.78, 5) is 14.1. The Morgan fingerprint density at radius 1 is 0.853 bits per heavy atom. The monoisotopic (exact) mass is 482 g/mol. The van der Waals surface area contributed by atoms with Crippen molar-refractivity contribution in [3.05, 3.63) is 29.8 Å². The number of anilines is 1. The van der Waals surface area contributed by atoms with E-state index >= 15 is 0 Å². The number of aliphatic hydroxyl groups excluding tert-OH is 4. The highest BCUT2D eigenvalue weighted by atomic mass is 16.3. The summed E-state index contributed by atoms with van der Waals surface area (Å²) in [7, 11) is 0. The lowest BCUT2D eigenvalue weighted by molar-refractivity contribution is -0.116. The van der Waals surface area contributed by atoms with Crippen molar-refractivity contribution >= 4 is 11.6 Å². The third-order valence-electron chi connectivity index (χ3n) is 5.60. The van der Waals surface area contributed by atoms with Crippen molar-refractivity contribution in [3.63, 3.8) is 0 Å². The van der Waals surface area contributed by atoms with Crippen molar-refractivity contribution in [1.82, 2.24) is 4.90 Å². The van der Waals surface area contributed by atoms with Crippen LogP contribution in [0.5, 0.6) is 0 Å². The van der Waals surface area contributed by atoms with Gasteiger partial charge in [-0.3, -0.25) is 4.79 Å². The highest BCUT2D eigenvalue weighted by Crippen LogP contribution is 2.13. The molecule has 198 valence electrons. The lowest BCUT2D eigenvalue weighted by Crippen LogP contribution is -2.28. The third-order valence-corrected chi connectivity index (χ3v) is 5.60. The van der Waals surface area contributed by atoms with Gasteiger partial charge in [0.15, 0.2) is 0 Å². The number of carbonyl (C=O) groups excluding carboxylic acids is 1. The molecule has 0 radical (unpaired) electrons. The van der Waals surface area contributed by atoms with E-state index in [4.69, 9.17) is 10.2 Å². The molecular weight excluding hydrogens is 432 g/mol. The summed E-state index contributed by atoms with van der Waals surface area (Å²) in [5, 5.41) is 39.8. The number of rotatable bonds is 19. The van der Waals surface area contributed by atoms with E-state index in [1.54, 1.807) is 0 Å². The zero-order valence-corrected chi connectivity index (χ0v) is 21.7. The SMILES string of the molecule is CC.CCCC(=O)Nc1ccc(CCCN(CCCC[C@H](O)CO)CCCC[C@H](O)CO)cc1. The summed E-state index contributed by atoms with van der Waals surface area (Å²) in [5.41, 5.74) is 2.08. The van der Waals surface area contributed by atoms with Crippen molar-refractivity contribution in [2.24, 2.45) is 0 Å². The lowest BCUT2D eigenvalue weighted by atomic mass is 10.1. The predicted octanol–water partition coefficient (Wildman–Crippen LogP) is 3.73. The molecule has 0 saturated heterocycles. The number of unbranched alkanes of at least 4 members (excludes halogenated alkanes) is 2. The molecule has 0 unspecified atom stereocenters. The van der Waals surface area contributed by atoms with Crippen LogP contribution in [0.1, 0.15) is 84.1 Å². The quantitative estimate of drug-likeness (QED) is 0.192. The van der Waals surface area contributed by atoms with Crippen molar-refractivity contribution < 1.29 is 25.2 Å². The van der Waals surface area contributed by atoms with Gasteiger partial charge in [0, 0.05) is 12.1 Å². The summed E-state index contributed by atoms with van der Waals surface area (Å²) in [6.07, 6.45) is 7.06. The molecule has 1 aromatic rings. The number of carbonyl (C=O) groups is 1. The highest BCUT2D eigenvalue weighted by molar-refractivity contribution is 5.90. The molecule has 0 aliphatic carbocycles. The fourth-order valence-electron chi connectivity index (χ4n) is 3.66. The first kappa shape index (κ1) is 32.5. The number of amides is 1. The van der Waals surface area contributed by atoms with Gasteiger partial charge < -0.3 is 30.6 Å². The van der Waals surface area contributed by atoms with Crippen LogP contribution >= 0.6 is 0 Å². The van der Waals surface area contributed by atoms with E-state index in [9.17, 15) is 15.0 Å². The predicted molar refractivity (Wildman–Crippen MR) is 140 cm³/mol. The molecule has 34 heavy (non-hydrogen) atoms. The number of aryl methyl sites for hydroxylation is 1. The van der Waals surface area contributed by atoms with Gasteiger partial charge in [0.25, 0.3) is 0 Å². The third kappa shape index (κ3) is 17.0. The molecular formula is C27H50N2O5. The Balaban J connectivity index is 0.00000529. The van der Waals surface area contributed by atoms with Crippen molar-refractivity contribution in [3.8, 4) is 0 Å². The second kappa shape index (κ2) is 22.0. The molecule has 0 heterocycles. The minimum Gasteiger partial charge on any atom is -0.394 e. The maximum absolute atomic E-state index is 11.7. The number of hydrogen-bond acceptors (Lipinski definition) is 6. The molecule has 1 amide bonds. The average Bonchev–Trinajstić information content (AvgIpc) is 2.85. The lowest BCUT2D eigenvalue weighted by Gasteiger charge is -2.23. The van der Waals surface area contributed by atoms with Gasteiger partial charge in [-0.15, -0.1) is 0 Å². The van der Waals surface area contributed by atoms with Crippen LogP contribution in [-0.2, 0) is 11.2 Å². The molecule has 0 aliphatic heterocycles. The van der Waals surface area contributed by atoms with Crippen molar-refractivity contribution in [2.75, 3.05) is 38.2 Å². The number of nitrogens with one attached hydrogen (secondary N) is 1. The normalized spacial score (nSPS) is 12.7. The Morgan fingerprint density at radius 3 is 1.82 bits per heavy atom. The zero-order valence-electron chi connectivity index (χ0n) is 21.7. The Bertz CT molecular complexity index is 579. The molecule has 0 fully saturated rings. The molecule has 1 aromatic carbocycles. The van der Waals surface area contributed by atoms with Crippen LogP contribution in [0.4, 0.5) is 5.69 Å². The van der Waals surface area contributed by atoms with E-state index in [2.05, 4.69) is 22.3 Å². The van der Waals surface area contributed by atoms with Gasteiger partial charge >= 0.3 is 0 Å². The van der Waals surface area contributed by atoms with E-state index in [0.29, 0.717) is 19.3 Å². The van der Waals surface area contributed by atoms with E-state index in [1.165, 1.54) is 5.56 Å². The Morgan fingerprint density at radius 2 is 1.35 bits per heavy atom. The standard InChI is InChI=1S/C25H44N2O5.C2H6/c1-2-8-25(32)26-22-14-12-21(13-15-22)9-7-18-27(16-5-3-10-23(30)19-28)17-6-4-11-24(31)20-29;1-2/h12-15,23-24,28-31H,2-11,16-20H2,1H3,(H,26,32);1-2H3/t23-,24-;/m0./s1. The number of nitrogens with zero attached hydrogens (tertiary/aromatic N) is 1. The van der Waals surface area contributed by atoms with Crippen LogP contribution in [0.25, 0.3) is 0 Å². The maximum atomic E-state index is 11.7. The van der Waals surface area contributed by atoms with Gasteiger partial charge in [-0.1, -0.05) is 32.9 Å². The van der Waals surface area contributed by atoms with E-state index in [-0.39, 0.29) is 19.1 Å². The number of benzene rings is 1. The van der Waals surface area contributed by atoms with Crippen LogP contribution in [0.3, 0.4) is 0 Å². The van der Waals surface area contributed by atoms with Gasteiger partial charge in [0.2, 0.25) is 5.91 Å². The molecule has 5 N–H and O–H groups in total. The minimum absolute atomic E-state index is 0.0499. The zero-order chi connectivity index (χ0) is 25.6. The van der Waals surface area contributed by atoms with Gasteiger partial charge in [-0.2, -0.15) is 0 Å². The molecule has 2 atom stereocenters. The van der Waals surface area contributed by atoms with Gasteiger partial charge in [-0.05, 0) is 95.1 Å². The number of hydrogen-bond donors (Lipinski definition) is 5. The van der Waals surface area contributed by atoms with Gasteiger partial charge in [-0.25, -0.2) is 0 Å². The maximum Gasteiger partial charge on any atom is 0.224 e. The Labute approximate surface area is 207 Å². The van der Waals surface area contributed by atoms with Crippen LogP contribution in [-0.4, -0.2) is 76.3 Å².